The third-order valence-corrected chi connectivity index (χ3v) is 6.74. The van der Waals surface area contributed by atoms with Gasteiger partial charge in [0.05, 0.1) is 19.9 Å². The van der Waals surface area contributed by atoms with Crippen molar-refractivity contribution in [3.8, 4) is 11.5 Å². The van der Waals surface area contributed by atoms with E-state index in [-0.39, 0.29) is 35.4 Å². The summed E-state index contributed by atoms with van der Waals surface area (Å²) in [6, 6.07) is 19.9. The van der Waals surface area contributed by atoms with E-state index < -0.39 is 15.9 Å². The number of amides is 1. The van der Waals surface area contributed by atoms with Crippen LogP contribution in [0, 0.1) is 12.7 Å². The Kier molecular flexibility index (Phi) is 7.40. The van der Waals surface area contributed by atoms with Crippen LogP contribution in [0.25, 0.3) is 0 Å². The first-order chi connectivity index (χ1) is 17.3. The lowest BCUT2D eigenvalue weighted by atomic mass is 10.1. The largest absolute Gasteiger partial charge is 0.493 e. The molecule has 1 aromatic heterocycles. The lowest BCUT2D eigenvalue weighted by Crippen LogP contribution is -2.30. The SMILES string of the molecule is COc1ccc(CN(Cc2ccco2)C(=O)c2ccccc2C)cc1OS(=O)(=O)c1ccc(F)cc1. The van der Waals surface area contributed by atoms with Gasteiger partial charge in [-0.15, -0.1) is 0 Å². The van der Waals surface area contributed by atoms with Gasteiger partial charge in [-0.2, -0.15) is 8.42 Å². The van der Waals surface area contributed by atoms with E-state index in [1.165, 1.54) is 19.4 Å². The lowest BCUT2D eigenvalue weighted by molar-refractivity contribution is 0.0717. The molecule has 0 saturated carbocycles. The van der Waals surface area contributed by atoms with Crippen molar-refractivity contribution in [3.63, 3.8) is 0 Å². The van der Waals surface area contributed by atoms with E-state index in [4.69, 9.17) is 13.3 Å². The van der Waals surface area contributed by atoms with E-state index in [1.807, 2.05) is 19.1 Å². The third-order valence-electron chi connectivity index (χ3n) is 5.49. The van der Waals surface area contributed by atoms with Gasteiger partial charge in [-0.1, -0.05) is 24.3 Å². The van der Waals surface area contributed by atoms with Crippen LogP contribution in [0.5, 0.6) is 11.5 Å². The molecule has 0 aliphatic rings. The topological polar surface area (TPSA) is 86.0 Å². The molecule has 4 rings (SSSR count). The van der Waals surface area contributed by atoms with E-state index in [0.29, 0.717) is 16.9 Å². The number of ether oxygens (including phenoxy) is 1. The molecular formula is C27H24FNO6S. The normalized spacial score (nSPS) is 11.2. The number of methoxy groups -OCH3 is 1. The molecular weight excluding hydrogens is 485 g/mol. The Morgan fingerprint density at radius 1 is 0.944 bits per heavy atom. The molecule has 0 radical (unpaired) electrons. The van der Waals surface area contributed by atoms with Gasteiger partial charge < -0.3 is 18.2 Å². The number of halogens is 1. The van der Waals surface area contributed by atoms with Gasteiger partial charge in [0.1, 0.15) is 16.5 Å². The molecule has 4 aromatic rings. The summed E-state index contributed by atoms with van der Waals surface area (Å²) in [6.45, 7) is 2.21. The Bertz CT molecular complexity index is 1450. The van der Waals surface area contributed by atoms with Gasteiger partial charge in [0.2, 0.25) is 0 Å². The number of carbonyl (C=O) groups is 1. The van der Waals surface area contributed by atoms with Gasteiger partial charge in [0.25, 0.3) is 5.91 Å². The minimum absolute atomic E-state index is 0.0550. The maximum absolute atomic E-state index is 13.4. The van der Waals surface area contributed by atoms with Crippen LogP contribution in [0.4, 0.5) is 4.39 Å². The molecule has 0 unspecified atom stereocenters. The zero-order valence-electron chi connectivity index (χ0n) is 19.7. The highest BCUT2D eigenvalue weighted by Gasteiger charge is 2.22. The highest BCUT2D eigenvalue weighted by atomic mass is 32.2. The molecule has 0 aliphatic heterocycles. The van der Waals surface area contributed by atoms with Gasteiger partial charge in [-0.25, -0.2) is 4.39 Å². The van der Waals surface area contributed by atoms with E-state index in [2.05, 4.69) is 0 Å². The van der Waals surface area contributed by atoms with Crippen molar-refractivity contribution in [1.29, 1.82) is 0 Å². The van der Waals surface area contributed by atoms with Crippen molar-refractivity contribution in [2.45, 2.75) is 24.9 Å². The quantitative estimate of drug-likeness (QED) is 0.283. The number of rotatable bonds is 9. The van der Waals surface area contributed by atoms with Crippen LogP contribution in [-0.4, -0.2) is 26.3 Å². The molecule has 0 atom stereocenters. The van der Waals surface area contributed by atoms with Gasteiger partial charge in [0, 0.05) is 12.1 Å². The summed E-state index contributed by atoms with van der Waals surface area (Å²) < 4.78 is 54.9. The van der Waals surface area contributed by atoms with Crippen LogP contribution in [0.15, 0.2) is 94.4 Å². The van der Waals surface area contributed by atoms with Gasteiger partial charge in [-0.05, 0) is 72.6 Å². The number of benzene rings is 3. The minimum atomic E-state index is -4.26. The van der Waals surface area contributed by atoms with E-state index >= 15 is 0 Å². The lowest BCUT2D eigenvalue weighted by Gasteiger charge is -2.23. The zero-order valence-corrected chi connectivity index (χ0v) is 20.5. The Hall–Kier alpha value is -4.11. The third kappa shape index (κ3) is 5.75. The number of carbonyl (C=O) groups excluding carboxylic acids is 1. The van der Waals surface area contributed by atoms with E-state index in [1.54, 1.807) is 41.3 Å². The van der Waals surface area contributed by atoms with Crippen molar-refractivity contribution in [2.75, 3.05) is 7.11 Å². The summed E-state index contributed by atoms with van der Waals surface area (Å²) in [5.74, 6) is -0.0427. The molecule has 0 aliphatic carbocycles. The maximum atomic E-state index is 13.4. The highest BCUT2D eigenvalue weighted by Crippen LogP contribution is 2.32. The van der Waals surface area contributed by atoms with Crippen LogP contribution in [0.2, 0.25) is 0 Å². The summed E-state index contributed by atoms with van der Waals surface area (Å²) in [7, 11) is -2.87. The predicted molar refractivity (Wildman–Crippen MR) is 131 cm³/mol. The maximum Gasteiger partial charge on any atom is 0.339 e. The van der Waals surface area contributed by atoms with Crippen LogP contribution in [-0.2, 0) is 23.2 Å². The molecule has 0 N–H and O–H groups in total. The van der Waals surface area contributed by atoms with Crippen molar-refractivity contribution in [1.82, 2.24) is 4.90 Å². The molecule has 0 fully saturated rings. The van der Waals surface area contributed by atoms with Crippen molar-refractivity contribution in [3.05, 3.63) is 113 Å². The molecule has 3 aromatic carbocycles. The molecule has 7 nitrogen and oxygen atoms in total. The molecule has 1 amide bonds. The standard InChI is InChI=1S/C27H24FNO6S/c1-19-6-3-4-8-24(19)27(30)29(18-22-7-5-15-34-22)17-20-9-14-25(33-2)26(16-20)35-36(31,32)23-12-10-21(28)11-13-23/h3-16H,17-18H2,1-2H3. The fraction of sp³-hybridized carbons (Fsp3) is 0.148. The van der Waals surface area contributed by atoms with E-state index in [0.717, 1.165) is 29.8 Å². The van der Waals surface area contributed by atoms with Crippen LogP contribution < -0.4 is 8.92 Å². The summed E-state index contributed by atoms with van der Waals surface area (Å²) in [5.41, 5.74) is 1.98. The predicted octanol–water partition coefficient (Wildman–Crippen LogP) is 5.35. The highest BCUT2D eigenvalue weighted by molar-refractivity contribution is 7.87. The van der Waals surface area contributed by atoms with Crippen LogP contribution >= 0.6 is 0 Å². The van der Waals surface area contributed by atoms with Crippen molar-refractivity contribution in [2.24, 2.45) is 0 Å². The van der Waals surface area contributed by atoms with Crippen LogP contribution in [0.1, 0.15) is 27.2 Å². The Balaban J connectivity index is 1.65. The minimum Gasteiger partial charge on any atom is -0.493 e. The smallest absolute Gasteiger partial charge is 0.339 e. The first-order valence-corrected chi connectivity index (χ1v) is 12.4. The summed E-state index contributed by atoms with van der Waals surface area (Å²) >= 11 is 0. The monoisotopic (exact) mass is 509 g/mol. The zero-order chi connectivity index (χ0) is 25.7. The Morgan fingerprint density at radius 3 is 2.36 bits per heavy atom. The Morgan fingerprint density at radius 2 is 1.69 bits per heavy atom. The van der Waals surface area contributed by atoms with Gasteiger partial charge in [0.15, 0.2) is 11.5 Å². The van der Waals surface area contributed by atoms with Crippen LogP contribution in [0.3, 0.4) is 0 Å². The first-order valence-electron chi connectivity index (χ1n) is 11.0. The molecule has 186 valence electrons. The number of hydrogen-bond acceptors (Lipinski definition) is 6. The van der Waals surface area contributed by atoms with E-state index in [9.17, 15) is 17.6 Å². The second-order valence-corrected chi connectivity index (χ2v) is 9.58. The van der Waals surface area contributed by atoms with Crippen molar-refractivity contribution >= 4 is 16.0 Å². The Labute approximate surface area is 208 Å². The number of hydrogen-bond donors (Lipinski definition) is 0. The summed E-state index contributed by atoms with van der Waals surface area (Å²) in [6.07, 6.45) is 1.53. The second kappa shape index (κ2) is 10.7. The molecule has 0 saturated heterocycles. The molecule has 9 heteroatoms. The molecule has 1 heterocycles. The van der Waals surface area contributed by atoms with Crippen molar-refractivity contribution < 1.29 is 30.9 Å². The van der Waals surface area contributed by atoms with Gasteiger partial charge >= 0.3 is 10.1 Å². The number of nitrogens with zero attached hydrogens (tertiary/aromatic N) is 1. The average molecular weight is 510 g/mol. The summed E-state index contributed by atoms with van der Waals surface area (Å²) in [4.78, 5) is 14.8. The fourth-order valence-corrected chi connectivity index (χ4v) is 4.58. The second-order valence-electron chi connectivity index (χ2n) is 8.03. The molecule has 0 spiro atoms. The average Bonchev–Trinajstić information content (AvgIpc) is 3.37. The number of furan rings is 1. The summed E-state index contributed by atoms with van der Waals surface area (Å²) in [5, 5.41) is 0. The van der Waals surface area contributed by atoms with Gasteiger partial charge in [-0.3, -0.25) is 4.79 Å². The molecule has 0 bridgehead atoms. The first kappa shape index (κ1) is 25.0. The molecule has 36 heavy (non-hydrogen) atoms. The number of aryl methyl sites for hydroxylation is 1. The fourth-order valence-electron chi connectivity index (χ4n) is 3.65.